The monoisotopic (exact) mass is 277 g/mol. The number of unbranched alkanes of at least 4 members (excludes halogenated alkanes) is 1. The molecule has 0 bridgehead atoms. The van der Waals surface area contributed by atoms with Gasteiger partial charge in [0.2, 0.25) is 0 Å². The summed E-state index contributed by atoms with van der Waals surface area (Å²) in [5.74, 6) is 2.45. The first-order chi connectivity index (χ1) is 9.65. The molecule has 0 aromatic carbocycles. The van der Waals surface area contributed by atoms with Crippen LogP contribution in [0.4, 0.5) is 0 Å². The van der Waals surface area contributed by atoms with E-state index in [9.17, 15) is 0 Å². The zero-order chi connectivity index (χ0) is 14.5. The average Bonchev–Trinajstić information content (AvgIpc) is 2.47. The van der Waals surface area contributed by atoms with Crippen molar-refractivity contribution in [2.45, 2.75) is 84.6 Å². The Labute approximate surface area is 126 Å². The number of likely N-dealkylation sites (tertiary alicyclic amines) is 1. The Morgan fingerprint density at radius 1 is 1.10 bits per heavy atom. The summed E-state index contributed by atoms with van der Waals surface area (Å²) in [6, 6.07) is 0.792. The Bertz CT molecular complexity index is 309. The van der Waals surface area contributed by atoms with Crippen molar-refractivity contribution < 1.29 is 0 Å². The highest BCUT2D eigenvalue weighted by Crippen LogP contribution is 2.40. The summed E-state index contributed by atoms with van der Waals surface area (Å²) >= 11 is 0. The van der Waals surface area contributed by atoms with E-state index in [4.69, 9.17) is 0 Å². The molecule has 1 nitrogen and oxygen atoms in total. The Morgan fingerprint density at radius 2 is 1.90 bits per heavy atom. The molecule has 1 heteroatoms. The Morgan fingerprint density at radius 3 is 2.65 bits per heavy atom. The second-order valence-electron chi connectivity index (χ2n) is 7.35. The molecule has 116 valence electrons. The van der Waals surface area contributed by atoms with Gasteiger partial charge in [0, 0.05) is 24.2 Å². The number of hydrogen-bond acceptors (Lipinski definition) is 1. The van der Waals surface area contributed by atoms with Crippen molar-refractivity contribution in [1.29, 1.82) is 0 Å². The normalized spacial score (nSPS) is 35.0. The third-order valence-electron chi connectivity index (χ3n) is 6.02. The maximum atomic E-state index is 4.57. The molecule has 1 saturated carbocycles. The second-order valence-corrected chi connectivity index (χ2v) is 7.35. The topological polar surface area (TPSA) is 3.24 Å². The van der Waals surface area contributed by atoms with E-state index in [1.165, 1.54) is 70.0 Å². The van der Waals surface area contributed by atoms with Crippen LogP contribution in [-0.4, -0.2) is 17.5 Å². The van der Waals surface area contributed by atoms with E-state index >= 15 is 0 Å². The highest BCUT2D eigenvalue weighted by Gasteiger charge is 2.33. The minimum atomic E-state index is 0.751. The van der Waals surface area contributed by atoms with E-state index in [0.717, 1.165) is 23.8 Å². The Kier molecular flexibility index (Phi) is 5.99. The molecule has 4 unspecified atom stereocenters. The van der Waals surface area contributed by atoms with Gasteiger partial charge in [0.1, 0.15) is 0 Å². The SMILES string of the molecule is C=C(C1CCCC(C)C1C)N1CCCCC1CCCC. The molecular formula is C19H35N. The molecule has 2 aliphatic rings. The predicted molar refractivity (Wildman–Crippen MR) is 88.7 cm³/mol. The van der Waals surface area contributed by atoms with Crippen LogP contribution in [0.1, 0.15) is 78.6 Å². The van der Waals surface area contributed by atoms with Gasteiger partial charge in [-0.2, -0.15) is 0 Å². The van der Waals surface area contributed by atoms with Crippen LogP contribution in [0.3, 0.4) is 0 Å². The van der Waals surface area contributed by atoms with Crippen molar-refractivity contribution in [2.24, 2.45) is 17.8 Å². The lowest BCUT2D eigenvalue weighted by atomic mass is 9.72. The zero-order valence-electron chi connectivity index (χ0n) is 14.0. The molecule has 2 rings (SSSR count). The summed E-state index contributed by atoms with van der Waals surface area (Å²) < 4.78 is 0. The molecule has 0 radical (unpaired) electrons. The summed E-state index contributed by atoms with van der Waals surface area (Å²) in [6.07, 6.45) is 12.5. The van der Waals surface area contributed by atoms with Crippen LogP contribution in [0.2, 0.25) is 0 Å². The van der Waals surface area contributed by atoms with Crippen molar-refractivity contribution in [1.82, 2.24) is 4.90 Å². The van der Waals surface area contributed by atoms with Gasteiger partial charge < -0.3 is 4.90 Å². The van der Waals surface area contributed by atoms with E-state index < -0.39 is 0 Å². The van der Waals surface area contributed by atoms with Gasteiger partial charge in [0.25, 0.3) is 0 Å². The van der Waals surface area contributed by atoms with Crippen LogP contribution in [0, 0.1) is 17.8 Å². The van der Waals surface area contributed by atoms with Gasteiger partial charge in [-0.1, -0.05) is 53.0 Å². The number of hydrogen-bond donors (Lipinski definition) is 0. The van der Waals surface area contributed by atoms with Crippen molar-refractivity contribution in [3.8, 4) is 0 Å². The molecule has 1 saturated heterocycles. The summed E-state index contributed by atoms with van der Waals surface area (Å²) in [7, 11) is 0. The van der Waals surface area contributed by atoms with Crippen LogP contribution in [0.15, 0.2) is 12.3 Å². The predicted octanol–water partition coefficient (Wildman–Crippen LogP) is 5.62. The fourth-order valence-corrected chi connectivity index (χ4v) is 4.38. The fraction of sp³-hybridized carbons (Fsp3) is 0.895. The lowest BCUT2D eigenvalue weighted by Gasteiger charge is -2.45. The van der Waals surface area contributed by atoms with Gasteiger partial charge >= 0.3 is 0 Å². The quantitative estimate of drug-likeness (QED) is 0.630. The van der Waals surface area contributed by atoms with Crippen LogP contribution < -0.4 is 0 Å². The second kappa shape index (κ2) is 7.52. The Balaban J connectivity index is 2.01. The van der Waals surface area contributed by atoms with E-state index in [2.05, 4.69) is 32.3 Å². The summed E-state index contributed by atoms with van der Waals surface area (Å²) in [5.41, 5.74) is 1.49. The minimum absolute atomic E-state index is 0.751. The number of rotatable bonds is 5. The molecular weight excluding hydrogens is 242 g/mol. The smallest absolute Gasteiger partial charge is 0.0286 e. The van der Waals surface area contributed by atoms with Gasteiger partial charge in [-0.15, -0.1) is 0 Å². The minimum Gasteiger partial charge on any atom is -0.372 e. The van der Waals surface area contributed by atoms with Gasteiger partial charge in [0.15, 0.2) is 0 Å². The van der Waals surface area contributed by atoms with Crippen LogP contribution in [-0.2, 0) is 0 Å². The van der Waals surface area contributed by atoms with Crippen molar-refractivity contribution >= 4 is 0 Å². The van der Waals surface area contributed by atoms with E-state index in [0.29, 0.717) is 0 Å². The molecule has 0 spiro atoms. The molecule has 2 fully saturated rings. The molecule has 1 aliphatic carbocycles. The first kappa shape index (κ1) is 15.9. The number of allylic oxidation sites excluding steroid dienone is 1. The lowest BCUT2D eigenvalue weighted by Crippen LogP contribution is -2.42. The maximum absolute atomic E-state index is 4.57. The third-order valence-corrected chi connectivity index (χ3v) is 6.02. The summed E-state index contributed by atoms with van der Waals surface area (Å²) in [5, 5.41) is 0. The van der Waals surface area contributed by atoms with E-state index in [1.807, 2.05) is 0 Å². The van der Waals surface area contributed by atoms with Crippen molar-refractivity contribution in [3.05, 3.63) is 12.3 Å². The average molecular weight is 277 g/mol. The highest BCUT2D eigenvalue weighted by molar-refractivity contribution is 5.06. The standard InChI is InChI=1S/C19H35N/c1-5-6-11-18-12-7-8-14-20(18)17(4)19-13-9-10-15(2)16(19)3/h15-16,18-19H,4-14H2,1-3H3. The van der Waals surface area contributed by atoms with Crippen LogP contribution >= 0.6 is 0 Å². The van der Waals surface area contributed by atoms with Crippen LogP contribution in [0.25, 0.3) is 0 Å². The number of nitrogens with zero attached hydrogens (tertiary/aromatic N) is 1. The fourth-order valence-electron chi connectivity index (χ4n) is 4.38. The van der Waals surface area contributed by atoms with Gasteiger partial charge in [-0.25, -0.2) is 0 Å². The van der Waals surface area contributed by atoms with E-state index in [-0.39, 0.29) is 0 Å². The third kappa shape index (κ3) is 3.59. The van der Waals surface area contributed by atoms with Crippen molar-refractivity contribution in [3.63, 3.8) is 0 Å². The molecule has 0 N–H and O–H groups in total. The molecule has 0 aromatic rings. The van der Waals surface area contributed by atoms with Gasteiger partial charge in [-0.05, 0) is 43.9 Å². The van der Waals surface area contributed by atoms with Crippen LogP contribution in [0.5, 0.6) is 0 Å². The van der Waals surface area contributed by atoms with E-state index in [1.54, 1.807) is 0 Å². The molecule has 0 amide bonds. The molecule has 1 heterocycles. The summed E-state index contributed by atoms with van der Waals surface area (Å²) in [6.45, 7) is 13.1. The lowest BCUT2D eigenvalue weighted by molar-refractivity contribution is 0.120. The highest BCUT2D eigenvalue weighted by atomic mass is 15.2. The number of piperidine rings is 1. The van der Waals surface area contributed by atoms with Crippen molar-refractivity contribution in [2.75, 3.05) is 6.54 Å². The van der Waals surface area contributed by atoms with Gasteiger partial charge in [-0.3, -0.25) is 0 Å². The zero-order valence-corrected chi connectivity index (χ0v) is 14.0. The first-order valence-corrected chi connectivity index (χ1v) is 9.10. The molecule has 0 aromatic heterocycles. The molecule has 4 atom stereocenters. The Hall–Kier alpha value is -0.460. The maximum Gasteiger partial charge on any atom is 0.0286 e. The largest absolute Gasteiger partial charge is 0.372 e. The first-order valence-electron chi connectivity index (χ1n) is 9.10. The molecule has 1 aliphatic heterocycles. The summed E-state index contributed by atoms with van der Waals surface area (Å²) in [4.78, 5) is 2.72. The molecule has 20 heavy (non-hydrogen) atoms. The van der Waals surface area contributed by atoms with Gasteiger partial charge in [0.05, 0.1) is 0 Å².